The van der Waals surface area contributed by atoms with Crippen LogP contribution in [0.2, 0.25) is 0 Å². The molecule has 32 heavy (non-hydrogen) atoms. The molecule has 5 heteroatoms. The molecule has 0 saturated carbocycles. The van der Waals surface area contributed by atoms with Gasteiger partial charge in [0.15, 0.2) is 0 Å². The summed E-state index contributed by atoms with van der Waals surface area (Å²) in [6.07, 6.45) is 1.37. The average Bonchev–Trinajstić information content (AvgIpc) is 2.85. The highest BCUT2D eigenvalue weighted by Crippen LogP contribution is 2.24. The van der Waals surface area contributed by atoms with Gasteiger partial charge in [-0.3, -0.25) is 9.59 Å². The first-order valence-corrected chi connectivity index (χ1v) is 11.4. The molecule has 1 aliphatic heterocycles. The molecule has 2 amide bonds. The van der Waals surface area contributed by atoms with Crippen LogP contribution in [0.5, 0.6) is 0 Å². The van der Waals surface area contributed by atoms with Crippen LogP contribution >= 0.6 is 0 Å². The van der Waals surface area contributed by atoms with Crippen LogP contribution in [0.4, 0.5) is 0 Å². The van der Waals surface area contributed by atoms with Crippen LogP contribution in [0, 0.1) is 5.92 Å². The van der Waals surface area contributed by atoms with Crippen molar-refractivity contribution in [3.8, 4) is 0 Å². The van der Waals surface area contributed by atoms with Crippen LogP contribution in [-0.2, 0) is 22.7 Å². The van der Waals surface area contributed by atoms with Gasteiger partial charge in [0.1, 0.15) is 0 Å². The van der Waals surface area contributed by atoms with Gasteiger partial charge in [0.2, 0.25) is 5.91 Å². The zero-order valence-electron chi connectivity index (χ0n) is 18.5. The van der Waals surface area contributed by atoms with Gasteiger partial charge in [0.05, 0.1) is 6.61 Å². The molecule has 166 valence electrons. The zero-order chi connectivity index (χ0) is 22.3. The van der Waals surface area contributed by atoms with E-state index in [0.717, 1.165) is 27.5 Å². The lowest BCUT2D eigenvalue weighted by molar-refractivity contribution is -0.126. The summed E-state index contributed by atoms with van der Waals surface area (Å²) >= 11 is 0. The second-order valence-electron chi connectivity index (χ2n) is 8.22. The van der Waals surface area contributed by atoms with Crippen LogP contribution in [0.15, 0.2) is 66.7 Å². The minimum absolute atomic E-state index is 0.0468. The van der Waals surface area contributed by atoms with Crippen LogP contribution in [0.25, 0.3) is 10.8 Å². The highest BCUT2D eigenvalue weighted by Gasteiger charge is 2.28. The fourth-order valence-electron chi connectivity index (χ4n) is 4.34. The maximum atomic E-state index is 13.1. The Kier molecular flexibility index (Phi) is 7.17. The fourth-order valence-corrected chi connectivity index (χ4v) is 4.34. The third-order valence-corrected chi connectivity index (χ3v) is 6.21. The van der Waals surface area contributed by atoms with E-state index in [1.807, 2.05) is 78.6 Å². The topological polar surface area (TPSA) is 58.6 Å². The van der Waals surface area contributed by atoms with Crippen LogP contribution in [0.1, 0.15) is 41.3 Å². The molecule has 1 aliphatic rings. The molecule has 1 fully saturated rings. The van der Waals surface area contributed by atoms with Gasteiger partial charge in [-0.05, 0) is 47.7 Å². The van der Waals surface area contributed by atoms with Crippen molar-refractivity contribution in [1.29, 1.82) is 0 Å². The number of fused-ring (bicyclic) bond motifs is 1. The first-order chi connectivity index (χ1) is 15.7. The summed E-state index contributed by atoms with van der Waals surface area (Å²) in [7, 11) is 0. The highest BCUT2D eigenvalue weighted by atomic mass is 16.5. The van der Waals surface area contributed by atoms with Gasteiger partial charge in [0.25, 0.3) is 5.91 Å². The largest absolute Gasteiger partial charge is 0.377 e. The van der Waals surface area contributed by atoms with Gasteiger partial charge in [-0.25, -0.2) is 0 Å². The Morgan fingerprint density at radius 3 is 2.41 bits per heavy atom. The number of likely N-dealkylation sites (tertiary alicyclic amines) is 1. The molecule has 0 atom stereocenters. The van der Waals surface area contributed by atoms with Gasteiger partial charge < -0.3 is 15.0 Å². The second-order valence-corrected chi connectivity index (χ2v) is 8.22. The van der Waals surface area contributed by atoms with E-state index >= 15 is 0 Å². The van der Waals surface area contributed by atoms with Gasteiger partial charge in [-0.2, -0.15) is 0 Å². The predicted octanol–water partition coefficient (Wildman–Crippen LogP) is 4.54. The first kappa shape index (κ1) is 22.0. The first-order valence-electron chi connectivity index (χ1n) is 11.4. The van der Waals surface area contributed by atoms with Gasteiger partial charge in [-0.1, -0.05) is 60.7 Å². The number of piperidine rings is 1. The van der Waals surface area contributed by atoms with Crippen molar-refractivity contribution in [3.63, 3.8) is 0 Å². The minimum atomic E-state index is -0.0642. The van der Waals surface area contributed by atoms with E-state index in [1.165, 1.54) is 0 Å². The fraction of sp³-hybridized carbons (Fsp3) is 0.333. The Labute approximate surface area is 189 Å². The number of ether oxygens (including phenoxy) is 1. The lowest BCUT2D eigenvalue weighted by Gasteiger charge is -2.31. The maximum Gasteiger partial charge on any atom is 0.254 e. The molecule has 0 bridgehead atoms. The summed E-state index contributed by atoms with van der Waals surface area (Å²) < 4.78 is 5.53. The molecular formula is C27H30N2O3. The molecular weight excluding hydrogens is 400 g/mol. The van der Waals surface area contributed by atoms with Gasteiger partial charge >= 0.3 is 0 Å². The minimum Gasteiger partial charge on any atom is -0.377 e. The summed E-state index contributed by atoms with van der Waals surface area (Å²) in [6.45, 7) is 4.88. The molecule has 3 aromatic carbocycles. The Hall–Kier alpha value is -3.18. The molecule has 5 nitrogen and oxygen atoms in total. The molecule has 0 spiro atoms. The maximum absolute atomic E-state index is 13.1. The van der Waals surface area contributed by atoms with Crippen molar-refractivity contribution in [2.24, 2.45) is 5.92 Å². The van der Waals surface area contributed by atoms with Crippen LogP contribution < -0.4 is 5.32 Å². The number of carbonyl (C=O) groups excluding carboxylic acids is 2. The smallest absolute Gasteiger partial charge is 0.254 e. The summed E-state index contributed by atoms with van der Waals surface area (Å²) in [5, 5.41) is 5.13. The van der Waals surface area contributed by atoms with Crippen molar-refractivity contribution in [2.75, 3.05) is 19.7 Å². The SMILES string of the molecule is CCOCc1ccccc1CNC(=O)C1CCN(C(=O)c2cccc3ccccc23)CC1. The molecule has 0 radical (unpaired) electrons. The Bertz CT molecular complexity index is 1080. The van der Waals surface area contributed by atoms with E-state index in [1.54, 1.807) is 0 Å². The zero-order valence-corrected chi connectivity index (χ0v) is 18.5. The summed E-state index contributed by atoms with van der Waals surface area (Å²) in [5.41, 5.74) is 2.92. The third kappa shape index (κ3) is 5.00. The molecule has 0 aliphatic carbocycles. The van der Waals surface area contributed by atoms with Crippen LogP contribution in [-0.4, -0.2) is 36.4 Å². The van der Waals surface area contributed by atoms with Gasteiger partial charge in [0, 0.05) is 37.7 Å². The number of hydrogen-bond donors (Lipinski definition) is 1. The second kappa shape index (κ2) is 10.4. The Balaban J connectivity index is 1.33. The van der Waals surface area contributed by atoms with E-state index in [9.17, 15) is 9.59 Å². The molecule has 3 aromatic rings. The van der Waals surface area contributed by atoms with E-state index in [2.05, 4.69) is 5.32 Å². The highest BCUT2D eigenvalue weighted by molar-refractivity contribution is 6.07. The molecule has 1 saturated heterocycles. The van der Waals surface area contributed by atoms with Crippen molar-refractivity contribution in [1.82, 2.24) is 10.2 Å². The molecule has 0 unspecified atom stereocenters. The number of nitrogens with zero attached hydrogens (tertiary/aromatic N) is 1. The number of nitrogens with one attached hydrogen (secondary N) is 1. The number of amides is 2. The summed E-state index contributed by atoms with van der Waals surface area (Å²) in [4.78, 5) is 27.8. The van der Waals surface area contributed by atoms with Gasteiger partial charge in [-0.15, -0.1) is 0 Å². The standard InChI is InChI=1S/C27H30N2O3/c1-2-32-19-23-10-4-3-9-22(23)18-28-26(30)21-14-16-29(17-15-21)27(31)25-13-7-11-20-8-5-6-12-24(20)25/h3-13,21H,2,14-19H2,1H3,(H,28,30). The molecule has 1 N–H and O–H groups in total. The summed E-state index contributed by atoms with van der Waals surface area (Å²) in [6, 6.07) is 21.8. The predicted molar refractivity (Wildman–Crippen MR) is 126 cm³/mol. The van der Waals surface area contributed by atoms with Crippen molar-refractivity contribution in [3.05, 3.63) is 83.4 Å². The molecule has 1 heterocycles. The van der Waals surface area contributed by atoms with Crippen LogP contribution in [0.3, 0.4) is 0 Å². The monoisotopic (exact) mass is 430 g/mol. The third-order valence-electron chi connectivity index (χ3n) is 6.21. The van der Waals surface area contributed by atoms with E-state index in [0.29, 0.717) is 45.7 Å². The Morgan fingerprint density at radius 2 is 1.62 bits per heavy atom. The number of rotatable bonds is 7. The van der Waals surface area contributed by atoms with Crippen molar-refractivity contribution in [2.45, 2.75) is 32.9 Å². The van der Waals surface area contributed by atoms with Crippen molar-refractivity contribution < 1.29 is 14.3 Å². The normalized spacial score (nSPS) is 14.5. The number of carbonyl (C=O) groups is 2. The van der Waals surface area contributed by atoms with E-state index < -0.39 is 0 Å². The molecule has 4 rings (SSSR count). The quantitative estimate of drug-likeness (QED) is 0.598. The summed E-state index contributed by atoms with van der Waals surface area (Å²) in [5.74, 6) is 0.0459. The number of benzene rings is 3. The van der Waals surface area contributed by atoms with E-state index in [-0.39, 0.29) is 17.7 Å². The van der Waals surface area contributed by atoms with E-state index in [4.69, 9.17) is 4.74 Å². The molecule has 0 aromatic heterocycles. The lowest BCUT2D eigenvalue weighted by Crippen LogP contribution is -2.43. The lowest BCUT2D eigenvalue weighted by atomic mass is 9.94. The average molecular weight is 431 g/mol. The van der Waals surface area contributed by atoms with Crippen molar-refractivity contribution >= 4 is 22.6 Å². The number of hydrogen-bond acceptors (Lipinski definition) is 3. The Morgan fingerprint density at radius 1 is 0.938 bits per heavy atom.